The standard InChI is InChI=1S/C21H23ClN4O/c1-13-10-14(22)11-18(27)19(13)20-16-7-3-4-8-17(16)21(25-24-20)23-15-6-5-9-26(2)12-15/h3-4,7-8,10-11,15,27H,5-6,9,12H2,1-2H3,(H,23,25). The van der Waals surface area contributed by atoms with E-state index >= 15 is 0 Å². The molecule has 1 saturated heterocycles. The van der Waals surface area contributed by atoms with Gasteiger partial charge in [0.2, 0.25) is 0 Å². The van der Waals surface area contributed by atoms with E-state index in [0.717, 1.165) is 41.7 Å². The molecule has 4 rings (SSSR count). The van der Waals surface area contributed by atoms with Gasteiger partial charge in [-0.05, 0) is 51.1 Å². The number of likely N-dealkylation sites (tertiary alicyclic amines) is 1. The average molecular weight is 383 g/mol. The van der Waals surface area contributed by atoms with Crippen LogP contribution in [0.15, 0.2) is 36.4 Å². The highest BCUT2D eigenvalue weighted by molar-refractivity contribution is 6.31. The third kappa shape index (κ3) is 3.57. The lowest BCUT2D eigenvalue weighted by Gasteiger charge is -2.30. The minimum Gasteiger partial charge on any atom is -0.507 e. The zero-order valence-corrected chi connectivity index (χ0v) is 16.3. The maximum Gasteiger partial charge on any atom is 0.156 e. The van der Waals surface area contributed by atoms with E-state index in [1.54, 1.807) is 6.07 Å². The highest BCUT2D eigenvalue weighted by Crippen LogP contribution is 2.38. The van der Waals surface area contributed by atoms with E-state index in [0.29, 0.717) is 22.3 Å². The molecule has 0 radical (unpaired) electrons. The number of nitrogens with one attached hydrogen (secondary N) is 1. The van der Waals surface area contributed by atoms with Gasteiger partial charge in [0, 0.05) is 33.9 Å². The number of hydrogen-bond donors (Lipinski definition) is 2. The SMILES string of the molecule is Cc1cc(Cl)cc(O)c1-c1nnc(NC2CCCN(C)C2)c2ccccc12. The Hall–Kier alpha value is -2.37. The lowest BCUT2D eigenvalue weighted by Crippen LogP contribution is -2.40. The molecule has 0 saturated carbocycles. The minimum atomic E-state index is 0.120. The Morgan fingerprint density at radius 2 is 1.96 bits per heavy atom. The first kappa shape index (κ1) is 18.0. The van der Waals surface area contributed by atoms with Crippen LogP contribution >= 0.6 is 11.6 Å². The van der Waals surface area contributed by atoms with Gasteiger partial charge in [-0.15, -0.1) is 10.2 Å². The molecule has 2 heterocycles. The van der Waals surface area contributed by atoms with Crippen LogP contribution in [-0.4, -0.2) is 46.4 Å². The van der Waals surface area contributed by atoms with Gasteiger partial charge in [-0.3, -0.25) is 0 Å². The van der Waals surface area contributed by atoms with Crippen molar-refractivity contribution in [1.82, 2.24) is 15.1 Å². The van der Waals surface area contributed by atoms with Crippen LogP contribution < -0.4 is 5.32 Å². The van der Waals surface area contributed by atoms with Crippen molar-refractivity contribution in [2.45, 2.75) is 25.8 Å². The molecule has 1 fully saturated rings. The van der Waals surface area contributed by atoms with Crippen LogP contribution in [-0.2, 0) is 0 Å². The fourth-order valence-electron chi connectivity index (χ4n) is 3.91. The Morgan fingerprint density at radius 1 is 1.19 bits per heavy atom. The van der Waals surface area contributed by atoms with Gasteiger partial charge in [0.05, 0.1) is 0 Å². The van der Waals surface area contributed by atoms with E-state index in [1.165, 1.54) is 6.42 Å². The molecule has 2 N–H and O–H groups in total. The number of anilines is 1. The summed E-state index contributed by atoms with van der Waals surface area (Å²) in [5.74, 6) is 0.912. The fraction of sp³-hybridized carbons (Fsp3) is 0.333. The van der Waals surface area contributed by atoms with E-state index in [1.807, 2.05) is 37.3 Å². The summed E-state index contributed by atoms with van der Waals surface area (Å²) >= 11 is 6.06. The number of phenols is 1. The molecule has 0 bridgehead atoms. The summed E-state index contributed by atoms with van der Waals surface area (Å²) in [4.78, 5) is 2.33. The Labute approximate surface area is 164 Å². The molecule has 0 amide bonds. The van der Waals surface area contributed by atoms with Gasteiger partial charge in [0.1, 0.15) is 11.4 Å². The Bertz CT molecular complexity index is 968. The van der Waals surface area contributed by atoms with Crippen LogP contribution in [0.2, 0.25) is 5.02 Å². The third-order valence-electron chi connectivity index (χ3n) is 5.17. The van der Waals surface area contributed by atoms with Crippen molar-refractivity contribution in [3.63, 3.8) is 0 Å². The smallest absolute Gasteiger partial charge is 0.156 e. The number of rotatable bonds is 3. The highest BCUT2D eigenvalue weighted by atomic mass is 35.5. The summed E-state index contributed by atoms with van der Waals surface area (Å²) in [7, 11) is 2.15. The van der Waals surface area contributed by atoms with E-state index in [-0.39, 0.29) is 5.75 Å². The molecule has 3 aromatic rings. The van der Waals surface area contributed by atoms with Gasteiger partial charge in [0.15, 0.2) is 5.82 Å². The van der Waals surface area contributed by atoms with Crippen molar-refractivity contribution in [1.29, 1.82) is 0 Å². The van der Waals surface area contributed by atoms with Crippen LogP contribution in [0.1, 0.15) is 18.4 Å². The number of aromatic hydroxyl groups is 1. The maximum absolute atomic E-state index is 10.5. The van der Waals surface area contributed by atoms with Crippen LogP contribution in [0.25, 0.3) is 22.0 Å². The highest BCUT2D eigenvalue weighted by Gasteiger charge is 2.20. The second-order valence-corrected chi connectivity index (χ2v) is 7.74. The number of hydrogen-bond acceptors (Lipinski definition) is 5. The predicted molar refractivity (Wildman–Crippen MR) is 111 cm³/mol. The zero-order chi connectivity index (χ0) is 19.0. The lowest BCUT2D eigenvalue weighted by atomic mass is 9.99. The van der Waals surface area contributed by atoms with Crippen molar-refractivity contribution in [3.8, 4) is 17.0 Å². The summed E-state index contributed by atoms with van der Waals surface area (Å²) in [6, 6.07) is 11.8. The minimum absolute atomic E-state index is 0.120. The number of aromatic nitrogens is 2. The summed E-state index contributed by atoms with van der Waals surface area (Å²) in [5.41, 5.74) is 2.21. The summed E-state index contributed by atoms with van der Waals surface area (Å²) in [6.07, 6.45) is 2.30. The monoisotopic (exact) mass is 382 g/mol. The number of aryl methyl sites for hydroxylation is 1. The summed E-state index contributed by atoms with van der Waals surface area (Å²) in [6.45, 7) is 4.05. The fourth-order valence-corrected chi connectivity index (χ4v) is 4.17. The molecular weight excluding hydrogens is 360 g/mol. The van der Waals surface area contributed by atoms with Crippen molar-refractivity contribution in [3.05, 3.63) is 47.0 Å². The number of nitrogens with zero attached hydrogens (tertiary/aromatic N) is 3. The summed E-state index contributed by atoms with van der Waals surface area (Å²) < 4.78 is 0. The molecule has 1 unspecified atom stereocenters. The van der Waals surface area contributed by atoms with Gasteiger partial charge in [0.25, 0.3) is 0 Å². The van der Waals surface area contributed by atoms with Crippen molar-refractivity contribution in [2.75, 3.05) is 25.5 Å². The number of piperidine rings is 1. The van der Waals surface area contributed by atoms with Crippen molar-refractivity contribution in [2.24, 2.45) is 0 Å². The molecule has 2 aromatic carbocycles. The molecular formula is C21H23ClN4O. The quantitative estimate of drug-likeness (QED) is 0.699. The second-order valence-electron chi connectivity index (χ2n) is 7.31. The van der Waals surface area contributed by atoms with Crippen molar-refractivity contribution >= 4 is 28.2 Å². The largest absolute Gasteiger partial charge is 0.507 e. The molecule has 0 aliphatic carbocycles. The van der Waals surface area contributed by atoms with E-state index < -0.39 is 0 Å². The van der Waals surface area contributed by atoms with Gasteiger partial charge in [-0.2, -0.15) is 0 Å². The number of fused-ring (bicyclic) bond motifs is 1. The first-order valence-corrected chi connectivity index (χ1v) is 9.60. The molecule has 1 aromatic heterocycles. The summed E-state index contributed by atoms with van der Waals surface area (Å²) in [5, 5.41) is 25.5. The first-order chi connectivity index (χ1) is 13.0. The van der Waals surface area contributed by atoms with Gasteiger partial charge in [-0.1, -0.05) is 35.9 Å². The maximum atomic E-state index is 10.5. The number of benzene rings is 2. The molecule has 5 nitrogen and oxygen atoms in total. The van der Waals surface area contributed by atoms with Crippen LogP contribution in [0, 0.1) is 6.92 Å². The topological polar surface area (TPSA) is 61.3 Å². The number of phenolic OH excluding ortho intramolecular Hbond substituents is 1. The zero-order valence-electron chi connectivity index (χ0n) is 15.5. The molecule has 1 aliphatic rings. The van der Waals surface area contributed by atoms with Gasteiger partial charge >= 0.3 is 0 Å². The Kier molecular flexibility index (Phi) is 4.89. The number of likely N-dealkylation sites (N-methyl/N-ethyl adjacent to an activating group) is 1. The van der Waals surface area contributed by atoms with Crippen LogP contribution in [0.3, 0.4) is 0 Å². The van der Waals surface area contributed by atoms with E-state index in [9.17, 15) is 5.11 Å². The van der Waals surface area contributed by atoms with Gasteiger partial charge in [-0.25, -0.2) is 0 Å². The van der Waals surface area contributed by atoms with E-state index in [2.05, 4.69) is 27.5 Å². The molecule has 1 atom stereocenters. The molecule has 6 heteroatoms. The number of halogens is 1. The molecule has 0 spiro atoms. The van der Waals surface area contributed by atoms with Crippen molar-refractivity contribution < 1.29 is 5.11 Å². The average Bonchev–Trinajstić information content (AvgIpc) is 2.62. The Morgan fingerprint density at radius 3 is 2.70 bits per heavy atom. The normalized spacial score (nSPS) is 18.0. The van der Waals surface area contributed by atoms with Crippen LogP contribution in [0.4, 0.5) is 5.82 Å². The van der Waals surface area contributed by atoms with Gasteiger partial charge < -0.3 is 15.3 Å². The Balaban J connectivity index is 1.79. The molecule has 27 heavy (non-hydrogen) atoms. The molecule has 1 aliphatic heterocycles. The van der Waals surface area contributed by atoms with E-state index in [4.69, 9.17) is 11.6 Å². The third-order valence-corrected chi connectivity index (χ3v) is 5.39. The first-order valence-electron chi connectivity index (χ1n) is 9.23. The second kappa shape index (κ2) is 7.33. The predicted octanol–water partition coefficient (Wildman–Crippen LogP) is 4.47. The van der Waals surface area contributed by atoms with Crippen LogP contribution in [0.5, 0.6) is 5.75 Å². The molecule has 140 valence electrons. The lowest BCUT2D eigenvalue weighted by molar-refractivity contribution is 0.261.